The molecule has 0 bridgehead atoms. The van der Waals surface area contributed by atoms with E-state index in [-0.39, 0.29) is 11.3 Å². The molecule has 0 saturated heterocycles. The first kappa shape index (κ1) is 10.8. The van der Waals surface area contributed by atoms with Crippen LogP contribution in [0, 0.1) is 6.92 Å². The minimum Gasteiger partial charge on any atom is -0.399 e. The molecule has 0 aromatic heterocycles. The van der Waals surface area contributed by atoms with Gasteiger partial charge in [-0.15, -0.1) is 0 Å². The molecular weight excluding hydrogens is 195 g/mol. The van der Waals surface area contributed by atoms with Crippen molar-refractivity contribution in [3.05, 3.63) is 28.8 Å². The third-order valence-electron chi connectivity index (χ3n) is 1.96. The van der Waals surface area contributed by atoms with Crippen LogP contribution in [0.4, 0.5) is 18.9 Å². The summed E-state index contributed by atoms with van der Waals surface area (Å²) in [6, 6.07) is 2.24. The third kappa shape index (κ3) is 1.98. The van der Waals surface area contributed by atoms with Crippen LogP contribution in [0.3, 0.4) is 0 Å². The highest BCUT2D eigenvalue weighted by Crippen LogP contribution is 2.34. The molecule has 0 heterocycles. The molecule has 0 amide bonds. The summed E-state index contributed by atoms with van der Waals surface area (Å²) in [7, 11) is 0. The summed E-state index contributed by atoms with van der Waals surface area (Å²) in [5, 5.41) is 8.81. The Morgan fingerprint density at radius 1 is 1.36 bits per heavy atom. The van der Waals surface area contributed by atoms with Gasteiger partial charge in [0.15, 0.2) is 0 Å². The molecule has 78 valence electrons. The third-order valence-corrected chi connectivity index (χ3v) is 1.96. The highest BCUT2D eigenvalue weighted by molar-refractivity contribution is 5.50. The number of aryl methyl sites for hydroxylation is 1. The van der Waals surface area contributed by atoms with E-state index in [1.165, 1.54) is 13.0 Å². The van der Waals surface area contributed by atoms with Crippen molar-refractivity contribution in [2.45, 2.75) is 19.7 Å². The van der Waals surface area contributed by atoms with Crippen molar-refractivity contribution < 1.29 is 18.3 Å². The van der Waals surface area contributed by atoms with E-state index in [0.717, 1.165) is 6.07 Å². The first-order chi connectivity index (χ1) is 6.36. The number of halogens is 3. The Labute approximate surface area is 79.2 Å². The minimum absolute atomic E-state index is 0.0482. The molecule has 0 fully saturated rings. The number of aliphatic hydroxyl groups is 1. The number of hydrogen-bond acceptors (Lipinski definition) is 2. The Balaban J connectivity index is 3.40. The predicted molar refractivity (Wildman–Crippen MR) is 46.5 cm³/mol. The van der Waals surface area contributed by atoms with E-state index in [0.29, 0.717) is 5.56 Å². The van der Waals surface area contributed by atoms with Gasteiger partial charge in [0, 0.05) is 5.69 Å². The summed E-state index contributed by atoms with van der Waals surface area (Å²) < 4.78 is 37.3. The Morgan fingerprint density at radius 2 is 1.93 bits per heavy atom. The van der Waals surface area contributed by atoms with Crippen molar-refractivity contribution in [3.8, 4) is 0 Å². The van der Waals surface area contributed by atoms with Crippen LogP contribution in [-0.2, 0) is 12.8 Å². The van der Waals surface area contributed by atoms with Gasteiger partial charge >= 0.3 is 6.18 Å². The number of anilines is 1. The van der Waals surface area contributed by atoms with E-state index in [9.17, 15) is 13.2 Å². The van der Waals surface area contributed by atoms with Crippen molar-refractivity contribution in [3.63, 3.8) is 0 Å². The maximum absolute atomic E-state index is 12.4. The van der Waals surface area contributed by atoms with E-state index in [1.54, 1.807) is 0 Å². The van der Waals surface area contributed by atoms with Gasteiger partial charge in [0.05, 0.1) is 12.2 Å². The van der Waals surface area contributed by atoms with E-state index < -0.39 is 18.3 Å². The number of nitrogens with two attached hydrogens (primary N) is 1. The molecule has 1 aromatic rings. The first-order valence-electron chi connectivity index (χ1n) is 3.93. The van der Waals surface area contributed by atoms with Gasteiger partial charge in [0.2, 0.25) is 0 Å². The summed E-state index contributed by atoms with van der Waals surface area (Å²) >= 11 is 0. The zero-order valence-electron chi connectivity index (χ0n) is 7.52. The molecule has 1 rings (SSSR count). The number of rotatable bonds is 1. The Bertz CT molecular complexity index is 347. The Morgan fingerprint density at radius 3 is 2.36 bits per heavy atom. The lowest BCUT2D eigenvalue weighted by Gasteiger charge is -2.14. The van der Waals surface area contributed by atoms with Gasteiger partial charge in [-0.25, -0.2) is 0 Å². The van der Waals surface area contributed by atoms with Gasteiger partial charge in [-0.2, -0.15) is 13.2 Å². The molecule has 0 unspecified atom stereocenters. The van der Waals surface area contributed by atoms with Crippen molar-refractivity contribution in [1.29, 1.82) is 0 Å². The average molecular weight is 205 g/mol. The molecule has 0 aliphatic carbocycles. The van der Waals surface area contributed by atoms with E-state index >= 15 is 0 Å². The molecule has 14 heavy (non-hydrogen) atoms. The number of benzene rings is 1. The molecule has 0 saturated carbocycles. The van der Waals surface area contributed by atoms with E-state index in [2.05, 4.69) is 0 Å². The van der Waals surface area contributed by atoms with Crippen molar-refractivity contribution in [2.24, 2.45) is 0 Å². The lowest BCUT2D eigenvalue weighted by Crippen LogP contribution is -2.11. The number of alkyl halides is 3. The number of hydrogen-bond donors (Lipinski definition) is 2. The maximum Gasteiger partial charge on any atom is 0.416 e. The normalized spacial score (nSPS) is 11.8. The van der Waals surface area contributed by atoms with Gasteiger partial charge in [-0.05, 0) is 30.2 Å². The summed E-state index contributed by atoms with van der Waals surface area (Å²) in [4.78, 5) is 0. The maximum atomic E-state index is 12.4. The molecule has 5 heteroatoms. The molecule has 0 radical (unpaired) electrons. The molecule has 0 aliphatic heterocycles. The standard InChI is InChI=1S/C9H10F3NO/c1-5-2-6(13)3-8(7(5)4-14)9(10,11)12/h2-3,14H,4,13H2,1H3. The Hall–Kier alpha value is -1.23. The topological polar surface area (TPSA) is 46.2 Å². The minimum atomic E-state index is -4.47. The first-order valence-corrected chi connectivity index (χ1v) is 3.93. The second-order valence-electron chi connectivity index (χ2n) is 3.02. The van der Waals surface area contributed by atoms with E-state index in [1.807, 2.05) is 0 Å². The summed E-state index contributed by atoms with van der Waals surface area (Å²) in [6.07, 6.45) is -4.47. The molecule has 2 nitrogen and oxygen atoms in total. The van der Waals surface area contributed by atoms with Gasteiger partial charge < -0.3 is 10.8 Å². The van der Waals surface area contributed by atoms with Gasteiger partial charge in [-0.1, -0.05) is 0 Å². The molecule has 0 spiro atoms. The largest absolute Gasteiger partial charge is 0.416 e. The lowest BCUT2D eigenvalue weighted by molar-refractivity contribution is -0.138. The van der Waals surface area contributed by atoms with E-state index in [4.69, 9.17) is 10.8 Å². The molecule has 1 aromatic carbocycles. The van der Waals surface area contributed by atoms with Crippen LogP contribution in [-0.4, -0.2) is 5.11 Å². The fourth-order valence-electron chi connectivity index (χ4n) is 1.31. The fraction of sp³-hybridized carbons (Fsp3) is 0.333. The zero-order valence-corrected chi connectivity index (χ0v) is 7.52. The smallest absolute Gasteiger partial charge is 0.399 e. The van der Waals surface area contributed by atoms with Gasteiger partial charge in [-0.3, -0.25) is 0 Å². The van der Waals surface area contributed by atoms with Crippen molar-refractivity contribution >= 4 is 5.69 Å². The molecule has 0 aliphatic rings. The van der Waals surface area contributed by atoms with Crippen molar-refractivity contribution in [2.75, 3.05) is 5.73 Å². The van der Waals surface area contributed by atoms with Crippen LogP contribution >= 0.6 is 0 Å². The van der Waals surface area contributed by atoms with Gasteiger partial charge in [0.25, 0.3) is 0 Å². The molecule has 0 atom stereocenters. The van der Waals surface area contributed by atoms with Crippen LogP contribution in [0.1, 0.15) is 16.7 Å². The molecule has 3 N–H and O–H groups in total. The summed E-state index contributed by atoms with van der Waals surface area (Å²) in [5.41, 5.74) is 4.71. The predicted octanol–water partition coefficient (Wildman–Crippen LogP) is 2.09. The Kier molecular flexibility index (Phi) is 2.71. The van der Waals surface area contributed by atoms with Crippen LogP contribution < -0.4 is 5.73 Å². The van der Waals surface area contributed by atoms with Crippen LogP contribution in [0.25, 0.3) is 0 Å². The second-order valence-corrected chi connectivity index (χ2v) is 3.02. The average Bonchev–Trinajstić information content (AvgIpc) is 2.01. The quantitative estimate of drug-likeness (QED) is 0.689. The summed E-state index contributed by atoms with van der Waals surface area (Å²) in [6.45, 7) is 0.845. The number of nitrogen functional groups attached to an aromatic ring is 1. The SMILES string of the molecule is Cc1cc(N)cc(C(F)(F)F)c1CO. The lowest BCUT2D eigenvalue weighted by atomic mass is 10.0. The highest BCUT2D eigenvalue weighted by Gasteiger charge is 2.33. The molecular formula is C9H10F3NO. The zero-order chi connectivity index (χ0) is 10.9. The van der Waals surface area contributed by atoms with Crippen molar-refractivity contribution in [1.82, 2.24) is 0 Å². The monoisotopic (exact) mass is 205 g/mol. The van der Waals surface area contributed by atoms with Gasteiger partial charge in [0.1, 0.15) is 0 Å². The van der Waals surface area contributed by atoms with Crippen LogP contribution in [0.2, 0.25) is 0 Å². The number of aliphatic hydroxyl groups excluding tert-OH is 1. The fourth-order valence-corrected chi connectivity index (χ4v) is 1.31. The van der Waals surface area contributed by atoms with Crippen LogP contribution in [0.15, 0.2) is 12.1 Å². The summed E-state index contributed by atoms with van der Waals surface area (Å²) in [5.74, 6) is 0. The van der Waals surface area contributed by atoms with Crippen LogP contribution in [0.5, 0.6) is 0 Å². The second kappa shape index (κ2) is 3.49. The highest BCUT2D eigenvalue weighted by atomic mass is 19.4.